The first-order valence-corrected chi connectivity index (χ1v) is 8.29. The SMILES string of the molecule is NC1CCc2c(sc3ccccc23)C1C1=CCCC=C1. The molecule has 1 nitrogen and oxygen atoms in total. The minimum atomic E-state index is 0.268. The van der Waals surface area contributed by atoms with Crippen LogP contribution >= 0.6 is 11.3 Å². The monoisotopic (exact) mass is 281 g/mol. The first-order valence-electron chi connectivity index (χ1n) is 7.47. The van der Waals surface area contributed by atoms with Gasteiger partial charge in [0.25, 0.3) is 0 Å². The van der Waals surface area contributed by atoms with Crippen molar-refractivity contribution in [2.24, 2.45) is 5.73 Å². The molecular formula is C18H19NS. The molecule has 2 aliphatic carbocycles. The van der Waals surface area contributed by atoms with Gasteiger partial charge in [-0.15, -0.1) is 11.3 Å². The molecule has 1 aromatic heterocycles. The Morgan fingerprint density at radius 1 is 1.15 bits per heavy atom. The number of allylic oxidation sites excluding steroid dienone is 3. The smallest absolute Gasteiger partial charge is 0.0348 e. The number of fused-ring (bicyclic) bond motifs is 3. The molecule has 2 aliphatic rings. The van der Waals surface area contributed by atoms with Crippen molar-refractivity contribution in [2.45, 2.75) is 37.6 Å². The second-order valence-electron chi connectivity index (χ2n) is 5.81. The van der Waals surface area contributed by atoms with Gasteiger partial charge in [-0.2, -0.15) is 0 Å². The first kappa shape index (κ1) is 12.4. The highest BCUT2D eigenvalue weighted by Gasteiger charge is 2.32. The van der Waals surface area contributed by atoms with Crippen LogP contribution in [-0.2, 0) is 6.42 Å². The zero-order valence-electron chi connectivity index (χ0n) is 11.5. The summed E-state index contributed by atoms with van der Waals surface area (Å²) in [5.41, 5.74) is 9.47. The number of hydrogen-bond acceptors (Lipinski definition) is 2. The summed E-state index contributed by atoms with van der Waals surface area (Å²) in [4.78, 5) is 1.52. The van der Waals surface area contributed by atoms with Crippen molar-refractivity contribution in [3.8, 4) is 0 Å². The standard InChI is InChI=1S/C18H19NS/c19-15-11-10-14-13-8-4-5-9-16(13)20-18(14)17(15)12-6-2-1-3-7-12/h2,4-9,15,17H,1,3,10-11,19H2. The molecule has 2 aromatic rings. The maximum Gasteiger partial charge on any atom is 0.0348 e. The van der Waals surface area contributed by atoms with Crippen molar-refractivity contribution in [2.75, 3.05) is 0 Å². The minimum Gasteiger partial charge on any atom is -0.327 e. The molecular weight excluding hydrogens is 262 g/mol. The molecule has 102 valence electrons. The summed E-state index contributed by atoms with van der Waals surface area (Å²) in [6.45, 7) is 0. The largest absolute Gasteiger partial charge is 0.327 e. The fraction of sp³-hybridized carbons (Fsp3) is 0.333. The molecule has 0 fully saturated rings. The number of hydrogen-bond donors (Lipinski definition) is 1. The molecule has 0 bridgehead atoms. The summed E-state index contributed by atoms with van der Waals surface area (Å²) in [5, 5.41) is 1.45. The number of benzene rings is 1. The number of nitrogens with two attached hydrogens (primary N) is 1. The first-order chi connectivity index (χ1) is 9.84. The van der Waals surface area contributed by atoms with E-state index in [-0.39, 0.29) is 6.04 Å². The maximum absolute atomic E-state index is 6.48. The van der Waals surface area contributed by atoms with Crippen molar-refractivity contribution in [3.05, 3.63) is 58.5 Å². The normalized spacial score (nSPS) is 25.6. The van der Waals surface area contributed by atoms with E-state index in [0.717, 1.165) is 19.3 Å². The second-order valence-corrected chi connectivity index (χ2v) is 6.89. The van der Waals surface area contributed by atoms with Gasteiger partial charge in [0.15, 0.2) is 0 Å². The quantitative estimate of drug-likeness (QED) is 0.816. The molecule has 0 radical (unpaired) electrons. The topological polar surface area (TPSA) is 26.0 Å². The lowest BCUT2D eigenvalue weighted by Gasteiger charge is -2.31. The van der Waals surface area contributed by atoms with Crippen molar-refractivity contribution in [1.82, 2.24) is 0 Å². The number of aryl methyl sites for hydroxylation is 1. The van der Waals surface area contributed by atoms with E-state index in [1.54, 1.807) is 5.56 Å². The van der Waals surface area contributed by atoms with E-state index in [2.05, 4.69) is 42.5 Å². The molecule has 0 saturated carbocycles. The van der Waals surface area contributed by atoms with Gasteiger partial charge in [-0.25, -0.2) is 0 Å². The van der Waals surface area contributed by atoms with Gasteiger partial charge in [-0.1, -0.05) is 36.4 Å². The van der Waals surface area contributed by atoms with Gasteiger partial charge in [0.1, 0.15) is 0 Å². The molecule has 0 saturated heterocycles. The molecule has 1 aromatic carbocycles. The third kappa shape index (κ3) is 1.87. The van der Waals surface area contributed by atoms with E-state index >= 15 is 0 Å². The lowest BCUT2D eigenvalue weighted by Crippen LogP contribution is -2.33. The molecule has 20 heavy (non-hydrogen) atoms. The van der Waals surface area contributed by atoms with Crippen LogP contribution in [0.15, 0.2) is 48.1 Å². The zero-order valence-corrected chi connectivity index (χ0v) is 12.3. The van der Waals surface area contributed by atoms with Crippen LogP contribution < -0.4 is 5.73 Å². The van der Waals surface area contributed by atoms with Crippen LogP contribution in [0.4, 0.5) is 0 Å². The number of rotatable bonds is 1. The van der Waals surface area contributed by atoms with Crippen LogP contribution in [0, 0.1) is 0 Å². The minimum absolute atomic E-state index is 0.268. The molecule has 2 heteroatoms. The fourth-order valence-corrected chi connectivity index (χ4v) is 5.02. The van der Waals surface area contributed by atoms with Crippen LogP contribution in [0.25, 0.3) is 10.1 Å². The molecule has 0 amide bonds. The summed E-state index contributed by atoms with van der Waals surface area (Å²) in [5.74, 6) is 0.410. The van der Waals surface area contributed by atoms with Gasteiger partial charge >= 0.3 is 0 Å². The van der Waals surface area contributed by atoms with Crippen LogP contribution in [-0.4, -0.2) is 6.04 Å². The Hall–Kier alpha value is -1.38. The average molecular weight is 281 g/mol. The molecule has 2 N–H and O–H groups in total. The summed E-state index contributed by atoms with van der Waals surface area (Å²) in [7, 11) is 0. The Balaban J connectivity index is 1.89. The van der Waals surface area contributed by atoms with Gasteiger partial charge < -0.3 is 5.73 Å². The third-order valence-electron chi connectivity index (χ3n) is 4.55. The molecule has 0 aliphatic heterocycles. The van der Waals surface area contributed by atoms with Gasteiger partial charge in [0.05, 0.1) is 0 Å². The fourth-order valence-electron chi connectivity index (χ4n) is 3.56. The van der Waals surface area contributed by atoms with E-state index in [4.69, 9.17) is 5.73 Å². The Labute approximate surface area is 123 Å². The van der Waals surface area contributed by atoms with Crippen LogP contribution in [0.1, 0.15) is 35.6 Å². The zero-order chi connectivity index (χ0) is 13.5. The molecule has 1 heterocycles. The highest BCUT2D eigenvalue weighted by atomic mass is 32.1. The second kappa shape index (κ2) is 4.87. The maximum atomic E-state index is 6.48. The van der Waals surface area contributed by atoms with Crippen LogP contribution in [0.2, 0.25) is 0 Å². The van der Waals surface area contributed by atoms with Crippen LogP contribution in [0.3, 0.4) is 0 Å². The van der Waals surface area contributed by atoms with Crippen molar-refractivity contribution in [3.63, 3.8) is 0 Å². The summed E-state index contributed by atoms with van der Waals surface area (Å²) in [6, 6.07) is 9.07. The van der Waals surface area contributed by atoms with Crippen molar-refractivity contribution in [1.29, 1.82) is 0 Å². The highest BCUT2D eigenvalue weighted by molar-refractivity contribution is 7.19. The Morgan fingerprint density at radius 2 is 2.05 bits per heavy atom. The summed E-state index contributed by atoms with van der Waals surface area (Å²) >= 11 is 1.95. The lowest BCUT2D eigenvalue weighted by molar-refractivity contribution is 0.525. The highest BCUT2D eigenvalue weighted by Crippen LogP contribution is 2.45. The molecule has 4 rings (SSSR count). The Morgan fingerprint density at radius 3 is 2.90 bits per heavy atom. The van der Waals surface area contributed by atoms with Crippen LogP contribution in [0.5, 0.6) is 0 Å². The van der Waals surface area contributed by atoms with Crippen molar-refractivity contribution < 1.29 is 0 Å². The van der Waals surface area contributed by atoms with Gasteiger partial charge in [0, 0.05) is 21.5 Å². The lowest BCUT2D eigenvalue weighted by atomic mass is 9.78. The number of thiophene rings is 1. The van der Waals surface area contributed by atoms with E-state index in [0.29, 0.717) is 5.92 Å². The van der Waals surface area contributed by atoms with E-state index in [1.165, 1.54) is 27.0 Å². The Bertz CT molecular complexity index is 707. The van der Waals surface area contributed by atoms with E-state index in [1.807, 2.05) is 11.3 Å². The summed E-state index contributed by atoms with van der Waals surface area (Å²) < 4.78 is 1.41. The van der Waals surface area contributed by atoms with Gasteiger partial charge in [0.2, 0.25) is 0 Å². The van der Waals surface area contributed by atoms with Gasteiger partial charge in [-0.05, 0) is 48.3 Å². The summed E-state index contributed by atoms with van der Waals surface area (Å²) in [6.07, 6.45) is 11.6. The van der Waals surface area contributed by atoms with E-state index < -0.39 is 0 Å². The van der Waals surface area contributed by atoms with Gasteiger partial charge in [-0.3, -0.25) is 0 Å². The third-order valence-corrected chi connectivity index (χ3v) is 5.85. The van der Waals surface area contributed by atoms with Crippen molar-refractivity contribution >= 4 is 21.4 Å². The van der Waals surface area contributed by atoms with E-state index in [9.17, 15) is 0 Å². The average Bonchev–Trinajstić information content (AvgIpc) is 2.86. The Kier molecular flexibility index (Phi) is 3.01. The predicted molar refractivity (Wildman–Crippen MR) is 87.3 cm³/mol. The molecule has 0 spiro atoms. The molecule has 2 unspecified atom stereocenters. The predicted octanol–water partition coefficient (Wildman–Crippen LogP) is 4.53. The molecule has 2 atom stereocenters.